The van der Waals surface area contributed by atoms with Crippen LogP contribution in [-0.2, 0) is 4.79 Å². The van der Waals surface area contributed by atoms with Gasteiger partial charge in [0.1, 0.15) is 17.5 Å². The summed E-state index contributed by atoms with van der Waals surface area (Å²) in [5.41, 5.74) is 0.397. The topological polar surface area (TPSA) is 76.7 Å². The summed E-state index contributed by atoms with van der Waals surface area (Å²) in [7, 11) is 3.06. The van der Waals surface area contributed by atoms with Gasteiger partial charge in [-0.3, -0.25) is 9.59 Å². The quantitative estimate of drug-likeness (QED) is 0.756. The van der Waals surface area contributed by atoms with Crippen molar-refractivity contribution < 1.29 is 19.1 Å². The van der Waals surface area contributed by atoms with Crippen molar-refractivity contribution in [2.24, 2.45) is 11.8 Å². The zero-order valence-corrected chi connectivity index (χ0v) is 15.4. The van der Waals surface area contributed by atoms with Gasteiger partial charge in [-0.1, -0.05) is 20.3 Å². The normalized spacial score (nSPS) is 15.2. The highest BCUT2D eigenvalue weighted by Crippen LogP contribution is 2.25. The van der Waals surface area contributed by atoms with Crippen molar-refractivity contribution in [1.29, 1.82) is 0 Å². The summed E-state index contributed by atoms with van der Waals surface area (Å²) in [6.45, 7) is 4.52. The molecule has 2 rings (SSSR count). The Hall–Kier alpha value is -2.24. The van der Waals surface area contributed by atoms with Crippen molar-refractivity contribution >= 4 is 11.8 Å². The third kappa shape index (κ3) is 5.11. The summed E-state index contributed by atoms with van der Waals surface area (Å²) in [6, 6.07) is 4.37. The monoisotopic (exact) mass is 348 g/mol. The van der Waals surface area contributed by atoms with E-state index in [1.54, 1.807) is 18.2 Å². The number of hydrogen-bond donors (Lipinski definition) is 2. The third-order valence-corrected chi connectivity index (χ3v) is 4.64. The molecule has 6 heteroatoms. The molecule has 1 aliphatic carbocycles. The predicted octanol–water partition coefficient (Wildman–Crippen LogP) is 2.37. The first-order valence-corrected chi connectivity index (χ1v) is 8.76. The maximum atomic E-state index is 12.6. The van der Waals surface area contributed by atoms with Crippen LogP contribution in [0.1, 0.15) is 43.5 Å². The smallest absolute Gasteiger partial charge is 0.252 e. The van der Waals surface area contributed by atoms with Crippen LogP contribution in [0.15, 0.2) is 18.2 Å². The molecule has 1 aromatic carbocycles. The van der Waals surface area contributed by atoms with E-state index in [2.05, 4.69) is 10.6 Å². The van der Waals surface area contributed by atoms with Crippen molar-refractivity contribution in [2.75, 3.05) is 20.8 Å². The number of hydrogen-bond acceptors (Lipinski definition) is 4. The van der Waals surface area contributed by atoms with Crippen molar-refractivity contribution in [1.82, 2.24) is 10.6 Å². The molecule has 0 bridgehead atoms. The van der Waals surface area contributed by atoms with Crippen LogP contribution in [0.4, 0.5) is 0 Å². The Morgan fingerprint density at radius 1 is 1.12 bits per heavy atom. The second-order valence-electron chi connectivity index (χ2n) is 6.84. The minimum Gasteiger partial charge on any atom is -0.497 e. The fraction of sp³-hybridized carbons (Fsp3) is 0.579. The Morgan fingerprint density at radius 2 is 1.72 bits per heavy atom. The van der Waals surface area contributed by atoms with Crippen molar-refractivity contribution in [3.63, 3.8) is 0 Å². The van der Waals surface area contributed by atoms with Gasteiger partial charge in [0.2, 0.25) is 5.91 Å². The molecule has 1 aliphatic rings. The first-order chi connectivity index (χ1) is 11.9. The van der Waals surface area contributed by atoms with Crippen LogP contribution in [0.3, 0.4) is 0 Å². The summed E-state index contributed by atoms with van der Waals surface area (Å²) in [4.78, 5) is 25.1. The van der Waals surface area contributed by atoms with Gasteiger partial charge in [-0.25, -0.2) is 0 Å². The summed E-state index contributed by atoms with van der Waals surface area (Å²) >= 11 is 0. The van der Waals surface area contributed by atoms with Gasteiger partial charge in [0.25, 0.3) is 5.91 Å². The maximum Gasteiger partial charge on any atom is 0.252 e. The van der Waals surface area contributed by atoms with Crippen LogP contribution in [0.2, 0.25) is 0 Å². The largest absolute Gasteiger partial charge is 0.497 e. The molecule has 6 nitrogen and oxygen atoms in total. The molecule has 25 heavy (non-hydrogen) atoms. The molecule has 138 valence electrons. The van der Waals surface area contributed by atoms with E-state index in [4.69, 9.17) is 9.47 Å². The minimum absolute atomic E-state index is 0.0159. The predicted molar refractivity (Wildman–Crippen MR) is 96.0 cm³/mol. The number of nitrogens with one attached hydrogen (secondary N) is 2. The van der Waals surface area contributed by atoms with Gasteiger partial charge < -0.3 is 20.1 Å². The number of methoxy groups -OCH3 is 2. The van der Waals surface area contributed by atoms with E-state index >= 15 is 0 Å². The first kappa shape index (κ1) is 19.1. The van der Waals surface area contributed by atoms with Gasteiger partial charge in [-0.05, 0) is 36.8 Å². The molecule has 2 N–H and O–H groups in total. The maximum absolute atomic E-state index is 12.6. The summed E-state index contributed by atoms with van der Waals surface area (Å²) < 4.78 is 10.4. The Kier molecular flexibility index (Phi) is 6.67. The molecule has 0 aromatic heterocycles. The number of rotatable bonds is 8. The third-order valence-electron chi connectivity index (χ3n) is 4.64. The van der Waals surface area contributed by atoms with Gasteiger partial charge in [-0.2, -0.15) is 0 Å². The standard InChI is InChI=1S/C19H28N2O4/c1-12(2)17(19(23)20-11-13-6-5-7-13)21-18(22)14-8-15(24-3)10-16(9-14)25-4/h8-10,12-13,17H,5-7,11H2,1-4H3,(H,20,23)(H,21,22). The van der Waals surface area contributed by atoms with Crippen LogP contribution >= 0.6 is 0 Å². The van der Waals surface area contributed by atoms with E-state index in [9.17, 15) is 9.59 Å². The van der Waals surface area contributed by atoms with Gasteiger partial charge in [0.15, 0.2) is 0 Å². The molecular weight excluding hydrogens is 320 g/mol. The number of ether oxygens (including phenoxy) is 2. The molecular formula is C19H28N2O4. The number of carbonyl (C=O) groups is 2. The Balaban J connectivity index is 2.04. The van der Waals surface area contributed by atoms with Crippen LogP contribution in [0.25, 0.3) is 0 Å². The first-order valence-electron chi connectivity index (χ1n) is 8.76. The highest BCUT2D eigenvalue weighted by molar-refractivity contribution is 5.98. The number of carbonyl (C=O) groups excluding carboxylic acids is 2. The minimum atomic E-state index is -0.579. The van der Waals surface area contributed by atoms with Crippen LogP contribution in [0, 0.1) is 11.8 Å². The van der Waals surface area contributed by atoms with Crippen molar-refractivity contribution in [3.05, 3.63) is 23.8 Å². The van der Waals surface area contributed by atoms with Gasteiger partial charge in [-0.15, -0.1) is 0 Å². The average molecular weight is 348 g/mol. The Labute approximate surface area is 149 Å². The molecule has 1 saturated carbocycles. The highest BCUT2D eigenvalue weighted by atomic mass is 16.5. The molecule has 1 fully saturated rings. The van der Waals surface area contributed by atoms with Gasteiger partial charge >= 0.3 is 0 Å². The van der Waals surface area contributed by atoms with E-state index in [0.717, 1.165) is 0 Å². The Morgan fingerprint density at radius 3 is 2.16 bits per heavy atom. The van der Waals surface area contributed by atoms with Crippen molar-refractivity contribution in [2.45, 2.75) is 39.2 Å². The fourth-order valence-electron chi connectivity index (χ4n) is 2.75. The molecule has 0 aliphatic heterocycles. The molecule has 0 radical (unpaired) electrons. The zero-order chi connectivity index (χ0) is 18.4. The molecule has 0 heterocycles. The zero-order valence-electron chi connectivity index (χ0n) is 15.4. The highest BCUT2D eigenvalue weighted by Gasteiger charge is 2.26. The Bertz CT molecular complexity index is 589. The van der Waals surface area contributed by atoms with Crippen LogP contribution in [-0.4, -0.2) is 38.6 Å². The lowest BCUT2D eigenvalue weighted by Crippen LogP contribution is -2.50. The van der Waals surface area contributed by atoms with Crippen LogP contribution in [0.5, 0.6) is 11.5 Å². The van der Waals surface area contributed by atoms with Gasteiger partial charge in [0.05, 0.1) is 14.2 Å². The molecule has 1 atom stereocenters. The molecule has 0 saturated heterocycles. The summed E-state index contributed by atoms with van der Waals surface area (Å²) in [5.74, 6) is 1.16. The van der Waals surface area contributed by atoms with E-state index in [1.807, 2.05) is 13.8 Å². The summed E-state index contributed by atoms with van der Waals surface area (Å²) in [6.07, 6.45) is 3.58. The lowest BCUT2D eigenvalue weighted by atomic mass is 9.85. The van der Waals surface area contributed by atoms with Crippen LogP contribution < -0.4 is 20.1 Å². The van der Waals surface area contributed by atoms with E-state index < -0.39 is 6.04 Å². The number of benzene rings is 1. The lowest BCUT2D eigenvalue weighted by molar-refractivity contribution is -0.124. The average Bonchev–Trinajstić information content (AvgIpc) is 2.56. The van der Waals surface area contributed by atoms with Gasteiger partial charge in [0, 0.05) is 18.2 Å². The molecule has 1 aromatic rings. The van der Waals surface area contributed by atoms with E-state index in [1.165, 1.54) is 33.5 Å². The molecule has 0 spiro atoms. The SMILES string of the molecule is COc1cc(OC)cc(C(=O)NC(C(=O)NCC2CCC2)C(C)C)c1. The van der Waals surface area contributed by atoms with E-state index in [0.29, 0.717) is 29.5 Å². The fourth-order valence-corrected chi connectivity index (χ4v) is 2.75. The molecule has 2 amide bonds. The lowest BCUT2D eigenvalue weighted by Gasteiger charge is -2.27. The summed E-state index contributed by atoms with van der Waals surface area (Å²) in [5, 5.41) is 5.80. The second-order valence-corrected chi connectivity index (χ2v) is 6.84. The molecule has 1 unspecified atom stereocenters. The second kappa shape index (κ2) is 8.74. The van der Waals surface area contributed by atoms with Crippen molar-refractivity contribution in [3.8, 4) is 11.5 Å². The van der Waals surface area contributed by atoms with E-state index in [-0.39, 0.29) is 17.7 Å². The number of amides is 2.